The molecule has 168 valence electrons. The highest BCUT2D eigenvalue weighted by molar-refractivity contribution is 7.89. The first kappa shape index (κ1) is 23.4. The molecular weight excluding hydrogens is 414 g/mol. The second kappa shape index (κ2) is 9.91. The molecule has 1 aliphatic heterocycles. The number of nitrogens with zero attached hydrogens (tertiary/aromatic N) is 1. The van der Waals surface area contributed by atoms with Crippen molar-refractivity contribution in [2.45, 2.75) is 44.3 Å². The van der Waals surface area contributed by atoms with Crippen LogP contribution in [0.2, 0.25) is 0 Å². The molecule has 0 aromatic heterocycles. The van der Waals surface area contributed by atoms with Gasteiger partial charge in [-0.05, 0) is 56.2 Å². The van der Waals surface area contributed by atoms with E-state index in [9.17, 15) is 13.2 Å². The average molecular weight is 446 g/mol. The average Bonchev–Trinajstić information content (AvgIpc) is 2.72. The molecule has 3 rings (SSSR count). The van der Waals surface area contributed by atoms with Gasteiger partial charge in [-0.25, -0.2) is 13.1 Å². The van der Waals surface area contributed by atoms with Gasteiger partial charge in [-0.3, -0.25) is 9.69 Å². The van der Waals surface area contributed by atoms with Gasteiger partial charge in [0.05, 0.1) is 18.1 Å². The molecule has 0 saturated carbocycles. The highest BCUT2D eigenvalue weighted by atomic mass is 32.2. The van der Waals surface area contributed by atoms with E-state index in [0.717, 1.165) is 38.4 Å². The van der Waals surface area contributed by atoms with Gasteiger partial charge in [-0.1, -0.05) is 24.3 Å². The SMILES string of the molecule is CC(C)(C)NS(=O)(=O)c1ccc(C(=O)NCc2ccccc2CN2CCOCC2)cc1. The van der Waals surface area contributed by atoms with E-state index in [0.29, 0.717) is 12.1 Å². The van der Waals surface area contributed by atoms with Crippen LogP contribution in [0, 0.1) is 0 Å². The van der Waals surface area contributed by atoms with Crippen LogP contribution < -0.4 is 10.0 Å². The van der Waals surface area contributed by atoms with Crippen molar-refractivity contribution in [2.75, 3.05) is 26.3 Å². The zero-order valence-corrected chi connectivity index (χ0v) is 19.2. The van der Waals surface area contributed by atoms with Gasteiger partial charge in [0.1, 0.15) is 0 Å². The van der Waals surface area contributed by atoms with E-state index in [2.05, 4.69) is 21.0 Å². The Morgan fingerprint density at radius 2 is 1.61 bits per heavy atom. The Morgan fingerprint density at radius 1 is 1.00 bits per heavy atom. The van der Waals surface area contributed by atoms with Crippen molar-refractivity contribution in [1.82, 2.24) is 14.9 Å². The highest BCUT2D eigenvalue weighted by Gasteiger charge is 2.22. The molecule has 2 aromatic carbocycles. The lowest BCUT2D eigenvalue weighted by Gasteiger charge is -2.27. The van der Waals surface area contributed by atoms with Crippen molar-refractivity contribution in [2.24, 2.45) is 0 Å². The number of benzene rings is 2. The van der Waals surface area contributed by atoms with Gasteiger partial charge in [0.2, 0.25) is 10.0 Å². The number of morpholine rings is 1. The molecule has 1 saturated heterocycles. The standard InChI is InChI=1S/C23H31N3O4S/c1-23(2,3)25-31(28,29)21-10-8-18(9-11-21)22(27)24-16-19-6-4-5-7-20(19)17-26-12-14-30-15-13-26/h4-11,25H,12-17H2,1-3H3,(H,24,27). The van der Waals surface area contributed by atoms with Gasteiger partial charge in [0.25, 0.3) is 5.91 Å². The zero-order valence-electron chi connectivity index (χ0n) is 18.3. The van der Waals surface area contributed by atoms with Gasteiger partial charge in [0.15, 0.2) is 0 Å². The summed E-state index contributed by atoms with van der Waals surface area (Å²) in [6.07, 6.45) is 0. The van der Waals surface area contributed by atoms with E-state index in [1.807, 2.05) is 18.2 Å². The van der Waals surface area contributed by atoms with Gasteiger partial charge in [-0.15, -0.1) is 0 Å². The summed E-state index contributed by atoms with van der Waals surface area (Å²) in [6, 6.07) is 14.0. The number of sulfonamides is 1. The van der Waals surface area contributed by atoms with Crippen LogP contribution in [-0.4, -0.2) is 51.1 Å². The molecule has 0 atom stereocenters. The molecule has 7 nitrogen and oxygen atoms in total. The number of hydrogen-bond donors (Lipinski definition) is 2. The van der Waals surface area contributed by atoms with Crippen molar-refractivity contribution in [3.8, 4) is 0 Å². The van der Waals surface area contributed by atoms with E-state index in [4.69, 9.17) is 4.74 Å². The molecule has 31 heavy (non-hydrogen) atoms. The number of amides is 1. The van der Waals surface area contributed by atoms with Crippen LogP contribution in [0.5, 0.6) is 0 Å². The first-order chi connectivity index (χ1) is 14.6. The topological polar surface area (TPSA) is 87.7 Å². The Balaban J connectivity index is 1.62. The molecule has 1 amide bonds. The minimum absolute atomic E-state index is 0.134. The third-order valence-electron chi connectivity index (χ3n) is 4.92. The molecule has 1 aliphatic rings. The largest absolute Gasteiger partial charge is 0.379 e. The molecule has 1 fully saturated rings. The normalized spacial score (nSPS) is 15.6. The van der Waals surface area contributed by atoms with Crippen molar-refractivity contribution in [3.05, 3.63) is 65.2 Å². The molecule has 2 N–H and O–H groups in total. The summed E-state index contributed by atoms with van der Waals surface area (Å²) in [4.78, 5) is 15.1. The van der Waals surface area contributed by atoms with Crippen LogP contribution in [0.1, 0.15) is 42.3 Å². The summed E-state index contributed by atoms with van der Waals surface area (Å²) in [5.74, 6) is -0.242. The summed E-state index contributed by atoms with van der Waals surface area (Å²) in [7, 11) is -3.63. The number of nitrogens with one attached hydrogen (secondary N) is 2. The van der Waals surface area contributed by atoms with Crippen molar-refractivity contribution in [3.63, 3.8) is 0 Å². The molecule has 0 bridgehead atoms. The Morgan fingerprint density at radius 3 is 2.23 bits per heavy atom. The number of carbonyl (C=O) groups is 1. The maximum atomic E-state index is 12.6. The number of carbonyl (C=O) groups excluding carboxylic acids is 1. The van der Waals surface area contributed by atoms with Crippen molar-refractivity contribution < 1.29 is 17.9 Å². The van der Waals surface area contributed by atoms with Crippen LogP contribution in [-0.2, 0) is 27.8 Å². The number of rotatable bonds is 7. The predicted molar refractivity (Wildman–Crippen MR) is 120 cm³/mol. The quantitative estimate of drug-likeness (QED) is 0.684. The van der Waals surface area contributed by atoms with Gasteiger partial charge in [-0.2, -0.15) is 0 Å². The fourth-order valence-electron chi connectivity index (χ4n) is 3.41. The highest BCUT2D eigenvalue weighted by Crippen LogP contribution is 2.15. The van der Waals surface area contributed by atoms with Crippen LogP contribution in [0.15, 0.2) is 53.4 Å². The lowest BCUT2D eigenvalue weighted by Crippen LogP contribution is -2.40. The Labute approximate surface area is 184 Å². The first-order valence-electron chi connectivity index (χ1n) is 10.4. The summed E-state index contributed by atoms with van der Waals surface area (Å²) < 4.78 is 32.8. The second-order valence-electron chi connectivity index (χ2n) is 8.72. The van der Waals surface area contributed by atoms with Crippen LogP contribution in [0.3, 0.4) is 0 Å². The zero-order chi connectivity index (χ0) is 22.5. The molecule has 0 aliphatic carbocycles. The van der Waals surface area contributed by atoms with Crippen LogP contribution in [0.25, 0.3) is 0 Å². The van der Waals surface area contributed by atoms with E-state index in [-0.39, 0.29) is 10.8 Å². The number of hydrogen-bond acceptors (Lipinski definition) is 5. The second-order valence-corrected chi connectivity index (χ2v) is 10.4. The van der Waals surface area contributed by atoms with Gasteiger partial charge in [0, 0.05) is 37.3 Å². The minimum atomic E-state index is -3.63. The van der Waals surface area contributed by atoms with E-state index < -0.39 is 15.6 Å². The van der Waals surface area contributed by atoms with Gasteiger partial charge < -0.3 is 10.1 Å². The smallest absolute Gasteiger partial charge is 0.251 e. The molecule has 0 radical (unpaired) electrons. The van der Waals surface area contributed by atoms with Crippen molar-refractivity contribution >= 4 is 15.9 Å². The monoisotopic (exact) mass is 445 g/mol. The fourth-order valence-corrected chi connectivity index (χ4v) is 4.83. The third kappa shape index (κ3) is 6.87. The molecular formula is C23H31N3O4S. The molecule has 2 aromatic rings. The molecule has 0 spiro atoms. The molecule has 0 unspecified atom stereocenters. The first-order valence-corrected chi connectivity index (χ1v) is 11.9. The maximum Gasteiger partial charge on any atom is 0.251 e. The fraction of sp³-hybridized carbons (Fsp3) is 0.435. The van der Waals surface area contributed by atoms with E-state index in [1.54, 1.807) is 20.8 Å². The summed E-state index contributed by atoms with van der Waals surface area (Å²) >= 11 is 0. The van der Waals surface area contributed by atoms with E-state index >= 15 is 0 Å². The maximum absolute atomic E-state index is 12.6. The number of ether oxygens (including phenoxy) is 1. The predicted octanol–water partition coefficient (Wildman–Crippen LogP) is 2.53. The Bertz CT molecular complexity index is 992. The van der Waals surface area contributed by atoms with Gasteiger partial charge >= 0.3 is 0 Å². The Kier molecular flexibility index (Phi) is 7.48. The van der Waals surface area contributed by atoms with Crippen LogP contribution in [0.4, 0.5) is 0 Å². The minimum Gasteiger partial charge on any atom is -0.379 e. The summed E-state index contributed by atoms with van der Waals surface area (Å²) in [6.45, 7) is 9.87. The Hall–Kier alpha value is -2.26. The van der Waals surface area contributed by atoms with Crippen molar-refractivity contribution in [1.29, 1.82) is 0 Å². The molecule has 8 heteroatoms. The van der Waals surface area contributed by atoms with Crippen LogP contribution >= 0.6 is 0 Å². The summed E-state index contributed by atoms with van der Waals surface area (Å²) in [5.41, 5.74) is 2.08. The lowest BCUT2D eigenvalue weighted by molar-refractivity contribution is 0.0340. The third-order valence-corrected chi connectivity index (χ3v) is 6.70. The molecule has 1 heterocycles. The summed E-state index contributed by atoms with van der Waals surface area (Å²) in [5, 5.41) is 2.94. The van der Waals surface area contributed by atoms with E-state index in [1.165, 1.54) is 29.8 Å². The lowest BCUT2D eigenvalue weighted by atomic mass is 10.1.